The number of rotatable bonds is 8. The number of nitrogens with one attached hydrogen (secondary N) is 4. The number of hydrazine groups is 2. The van der Waals surface area contributed by atoms with E-state index < -0.39 is 6.10 Å². The number of amides is 1. The van der Waals surface area contributed by atoms with Gasteiger partial charge in [0.2, 0.25) is 0 Å². The average molecular weight is 632 g/mol. The van der Waals surface area contributed by atoms with Crippen molar-refractivity contribution in [3.63, 3.8) is 0 Å². The first-order chi connectivity index (χ1) is 20.1. The summed E-state index contributed by atoms with van der Waals surface area (Å²) in [5, 5.41) is 29.7. The number of carbonyl (C=O) groups excluding carboxylic acids is 1. The molecule has 1 aliphatic carbocycles. The Hall–Kier alpha value is -3.85. The molecule has 3 aliphatic rings. The standard InChI is InChI=1S/C31H35BrN8O2/c1-31(2,3)17-35-27-20(12-33)13-34-29-24(27)10-21(11-25(29)32)36-28(26-16-40(38-37-26)22-7-8-22)18-5-4-6-19(9-18)30(42)39-14-23(41)15-39/h4-6,9-11,13,16,22-23,28,36-38,41H,7-8,14-15,17H2,1-3H3,(H,34,35)/t28-/m0/s1. The summed E-state index contributed by atoms with van der Waals surface area (Å²) in [5.74, 6) is -0.0925. The molecule has 1 saturated heterocycles. The third-order valence-electron chi connectivity index (χ3n) is 7.63. The molecule has 1 atom stereocenters. The van der Waals surface area contributed by atoms with Gasteiger partial charge in [-0.1, -0.05) is 32.9 Å². The molecule has 3 heterocycles. The van der Waals surface area contributed by atoms with Gasteiger partial charge in [0.15, 0.2) is 0 Å². The second-order valence-corrected chi connectivity index (χ2v) is 13.3. The molecule has 1 amide bonds. The van der Waals surface area contributed by atoms with Crippen LogP contribution in [0.25, 0.3) is 10.9 Å². The highest BCUT2D eigenvalue weighted by Gasteiger charge is 2.33. The van der Waals surface area contributed by atoms with Crippen LogP contribution in [0.1, 0.15) is 61.1 Å². The summed E-state index contributed by atoms with van der Waals surface area (Å²) in [6.45, 7) is 7.83. The fourth-order valence-corrected chi connectivity index (χ4v) is 5.74. The molecule has 1 aromatic heterocycles. The second-order valence-electron chi connectivity index (χ2n) is 12.5. The number of likely N-dealkylation sites (tertiary alicyclic amines) is 1. The van der Waals surface area contributed by atoms with Crippen molar-refractivity contribution in [3.8, 4) is 6.07 Å². The minimum atomic E-state index is -0.455. The van der Waals surface area contributed by atoms with Gasteiger partial charge in [0.1, 0.15) is 6.07 Å². The number of aromatic nitrogens is 1. The van der Waals surface area contributed by atoms with E-state index in [0.29, 0.717) is 36.8 Å². The maximum atomic E-state index is 13.1. The molecule has 0 radical (unpaired) electrons. The molecule has 3 aromatic rings. The van der Waals surface area contributed by atoms with Crippen LogP contribution in [0, 0.1) is 16.7 Å². The highest BCUT2D eigenvalue weighted by molar-refractivity contribution is 9.10. The summed E-state index contributed by atoms with van der Waals surface area (Å²) in [4.78, 5) is 19.3. The largest absolute Gasteiger partial charge is 0.389 e. The zero-order valence-corrected chi connectivity index (χ0v) is 25.5. The van der Waals surface area contributed by atoms with Gasteiger partial charge in [-0.15, -0.1) is 5.53 Å². The number of benzene rings is 2. The number of β-amino-alcohol motifs (C(OH)–C–C–N with tert-alkyl or cyclic N) is 1. The highest BCUT2D eigenvalue weighted by Crippen LogP contribution is 2.37. The Labute approximate surface area is 253 Å². The fourth-order valence-electron chi connectivity index (χ4n) is 5.17. The van der Waals surface area contributed by atoms with Crippen LogP contribution in [0.5, 0.6) is 0 Å². The summed E-state index contributed by atoms with van der Waals surface area (Å²) in [6.07, 6.45) is 5.51. The fraction of sp³-hybridized carbons (Fsp3) is 0.387. The van der Waals surface area contributed by atoms with Crippen LogP contribution < -0.4 is 21.6 Å². The van der Waals surface area contributed by atoms with Crippen molar-refractivity contribution in [2.45, 2.75) is 51.8 Å². The van der Waals surface area contributed by atoms with E-state index in [1.165, 1.54) is 0 Å². The topological polar surface area (TPSA) is 129 Å². The van der Waals surface area contributed by atoms with E-state index in [0.717, 1.165) is 50.9 Å². The summed E-state index contributed by atoms with van der Waals surface area (Å²) >= 11 is 3.72. The van der Waals surface area contributed by atoms with Crippen LogP contribution >= 0.6 is 15.9 Å². The molecule has 0 spiro atoms. The van der Waals surface area contributed by atoms with E-state index in [1.54, 1.807) is 11.1 Å². The van der Waals surface area contributed by atoms with Gasteiger partial charge < -0.3 is 26.1 Å². The zero-order chi connectivity index (χ0) is 29.6. The lowest BCUT2D eigenvalue weighted by atomic mass is 9.96. The molecule has 2 aliphatic heterocycles. The van der Waals surface area contributed by atoms with E-state index in [4.69, 9.17) is 0 Å². The van der Waals surface area contributed by atoms with E-state index in [2.05, 4.69) is 80.6 Å². The van der Waals surface area contributed by atoms with E-state index in [1.807, 2.05) is 36.4 Å². The highest BCUT2D eigenvalue weighted by atomic mass is 79.9. The molecular weight excluding hydrogens is 596 g/mol. The van der Waals surface area contributed by atoms with E-state index in [9.17, 15) is 15.2 Å². The van der Waals surface area contributed by atoms with Crippen LogP contribution in [0.2, 0.25) is 0 Å². The number of aliphatic hydroxyl groups excluding tert-OH is 1. The second kappa shape index (κ2) is 11.1. The number of hydrogen-bond donors (Lipinski definition) is 5. The van der Waals surface area contributed by atoms with Crippen molar-refractivity contribution in [2.75, 3.05) is 30.3 Å². The van der Waals surface area contributed by atoms with Gasteiger partial charge in [-0.05, 0) is 64.0 Å². The zero-order valence-electron chi connectivity index (χ0n) is 23.9. The lowest BCUT2D eigenvalue weighted by Gasteiger charge is -2.36. The van der Waals surface area contributed by atoms with Gasteiger partial charge in [-0.2, -0.15) is 5.26 Å². The Morgan fingerprint density at radius 2 is 2.05 bits per heavy atom. The van der Waals surface area contributed by atoms with Crippen molar-refractivity contribution < 1.29 is 9.90 Å². The van der Waals surface area contributed by atoms with Gasteiger partial charge in [-0.3, -0.25) is 14.8 Å². The molecule has 2 fully saturated rings. The number of anilines is 2. The quantitative estimate of drug-likeness (QED) is 0.242. The molecule has 11 heteroatoms. The number of nitriles is 1. The number of carbonyl (C=O) groups is 1. The average Bonchev–Trinajstić information content (AvgIpc) is 3.68. The van der Waals surface area contributed by atoms with Gasteiger partial charge in [0.25, 0.3) is 5.91 Å². The SMILES string of the molecule is CC(C)(C)CNc1c(C#N)cnc2c(Br)cc(N[C@H](C3=CN(C4CC4)NN3)c3cccc(C(=O)N4CC(O)C4)c3)cc12. The molecule has 0 unspecified atom stereocenters. The van der Waals surface area contributed by atoms with Crippen molar-refractivity contribution in [1.82, 2.24) is 25.9 Å². The molecule has 2 aromatic carbocycles. The van der Waals surface area contributed by atoms with Gasteiger partial charge in [-0.25, -0.2) is 0 Å². The minimum Gasteiger partial charge on any atom is -0.389 e. The lowest BCUT2D eigenvalue weighted by molar-refractivity contribution is 0.00589. The van der Waals surface area contributed by atoms with E-state index >= 15 is 0 Å². The van der Waals surface area contributed by atoms with Crippen LogP contribution in [-0.2, 0) is 0 Å². The van der Waals surface area contributed by atoms with E-state index in [-0.39, 0.29) is 17.4 Å². The van der Waals surface area contributed by atoms with Crippen LogP contribution in [0.3, 0.4) is 0 Å². The molecule has 42 heavy (non-hydrogen) atoms. The first-order valence-corrected chi connectivity index (χ1v) is 15.0. The Kier molecular flexibility index (Phi) is 7.47. The summed E-state index contributed by atoms with van der Waals surface area (Å²) in [6, 6.07) is 14.1. The third kappa shape index (κ3) is 5.88. The molecule has 218 valence electrons. The van der Waals surface area contributed by atoms with Crippen LogP contribution in [0.15, 0.2) is 59.0 Å². The normalized spacial score (nSPS) is 17.8. The summed E-state index contributed by atoms with van der Waals surface area (Å²) < 4.78 is 0.802. The first-order valence-electron chi connectivity index (χ1n) is 14.2. The summed E-state index contributed by atoms with van der Waals surface area (Å²) in [5.41, 5.74) is 11.8. The summed E-state index contributed by atoms with van der Waals surface area (Å²) in [7, 11) is 0. The molecular formula is C31H35BrN8O2. The Balaban J connectivity index is 1.38. The van der Waals surface area contributed by atoms with Crippen LogP contribution in [0.4, 0.5) is 11.4 Å². The van der Waals surface area contributed by atoms with Crippen molar-refractivity contribution in [3.05, 3.63) is 75.7 Å². The predicted octanol–water partition coefficient (Wildman–Crippen LogP) is 4.63. The Bertz CT molecular complexity index is 1600. The Morgan fingerprint density at radius 3 is 2.74 bits per heavy atom. The number of aliphatic hydroxyl groups is 1. The Morgan fingerprint density at radius 1 is 1.26 bits per heavy atom. The molecule has 1 saturated carbocycles. The van der Waals surface area contributed by atoms with Gasteiger partial charge >= 0.3 is 0 Å². The van der Waals surface area contributed by atoms with Gasteiger partial charge in [0.05, 0.1) is 34.6 Å². The molecule has 10 nitrogen and oxygen atoms in total. The molecule has 5 N–H and O–H groups in total. The van der Waals surface area contributed by atoms with Crippen LogP contribution in [-0.4, -0.2) is 57.7 Å². The number of hydrogen-bond acceptors (Lipinski definition) is 9. The van der Waals surface area contributed by atoms with Crippen molar-refractivity contribution >= 4 is 44.1 Å². The number of halogens is 1. The third-order valence-corrected chi connectivity index (χ3v) is 8.23. The predicted molar refractivity (Wildman–Crippen MR) is 166 cm³/mol. The number of fused-ring (bicyclic) bond motifs is 1. The minimum absolute atomic E-state index is 0.0121. The van der Waals surface area contributed by atoms with Crippen molar-refractivity contribution in [1.29, 1.82) is 5.26 Å². The van der Waals surface area contributed by atoms with Gasteiger partial charge in [0, 0.05) is 59.2 Å². The maximum Gasteiger partial charge on any atom is 0.254 e. The first kappa shape index (κ1) is 28.3. The maximum absolute atomic E-state index is 13.1. The molecule has 0 bridgehead atoms. The number of pyridine rings is 1. The smallest absolute Gasteiger partial charge is 0.254 e. The monoisotopic (exact) mass is 630 g/mol. The van der Waals surface area contributed by atoms with Crippen molar-refractivity contribution in [2.24, 2.45) is 5.41 Å². The number of nitrogens with zero attached hydrogens (tertiary/aromatic N) is 4. The molecule has 6 rings (SSSR count). The lowest BCUT2D eigenvalue weighted by Crippen LogP contribution is -2.53.